The molecule has 0 radical (unpaired) electrons. The van der Waals surface area contributed by atoms with Gasteiger partial charge in [0.05, 0.1) is 0 Å². The Kier molecular flexibility index (Phi) is 3.89. The molecule has 14 heavy (non-hydrogen) atoms. The minimum Gasteiger partial charge on any atom is -0.467 e. The van der Waals surface area contributed by atoms with Gasteiger partial charge in [-0.05, 0) is 17.5 Å². The first-order valence-corrected chi connectivity index (χ1v) is 4.56. The first-order chi connectivity index (χ1) is 6.65. The van der Waals surface area contributed by atoms with Crippen LogP contribution in [0.2, 0.25) is 0 Å². The molecule has 0 aliphatic heterocycles. The van der Waals surface area contributed by atoms with E-state index >= 15 is 0 Å². The summed E-state index contributed by atoms with van der Waals surface area (Å²) in [6.45, 7) is 4.04. The normalized spacial score (nSPS) is 10.6. The van der Waals surface area contributed by atoms with Crippen molar-refractivity contribution in [1.82, 2.24) is 0 Å². The topological polar surface area (TPSA) is 18.5 Å². The van der Waals surface area contributed by atoms with Gasteiger partial charge in [0.15, 0.2) is 6.79 Å². The summed E-state index contributed by atoms with van der Waals surface area (Å²) in [7, 11) is 1.53. The zero-order valence-electron chi connectivity index (χ0n) is 8.71. The standard InChI is InChI=1S/C11H15FO2/c1-8(2)10-5-4-9(6-11(10)12)14-7-13-3/h4-6,8H,7H2,1-3H3. The van der Waals surface area contributed by atoms with Crippen LogP contribution in [-0.2, 0) is 4.74 Å². The molecule has 0 heterocycles. The summed E-state index contributed by atoms with van der Waals surface area (Å²) in [5.41, 5.74) is 0.703. The van der Waals surface area contributed by atoms with Crippen LogP contribution in [0, 0.1) is 5.82 Å². The molecule has 0 amide bonds. The summed E-state index contributed by atoms with van der Waals surface area (Å²) in [6.07, 6.45) is 0. The molecule has 0 saturated heterocycles. The molecule has 0 N–H and O–H groups in total. The fourth-order valence-electron chi connectivity index (χ4n) is 1.19. The van der Waals surface area contributed by atoms with E-state index in [1.165, 1.54) is 13.2 Å². The van der Waals surface area contributed by atoms with Crippen molar-refractivity contribution in [2.45, 2.75) is 19.8 Å². The minimum absolute atomic E-state index is 0.139. The third-order valence-corrected chi connectivity index (χ3v) is 1.94. The van der Waals surface area contributed by atoms with Crippen LogP contribution in [0.5, 0.6) is 5.75 Å². The summed E-state index contributed by atoms with van der Waals surface area (Å²) in [5, 5.41) is 0. The van der Waals surface area contributed by atoms with E-state index in [1.54, 1.807) is 12.1 Å². The quantitative estimate of drug-likeness (QED) is 0.692. The van der Waals surface area contributed by atoms with Gasteiger partial charge in [0.1, 0.15) is 11.6 Å². The number of methoxy groups -OCH3 is 1. The van der Waals surface area contributed by atoms with Crippen molar-refractivity contribution >= 4 is 0 Å². The van der Waals surface area contributed by atoms with E-state index in [4.69, 9.17) is 9.47 Å². The summed E-state index contributed by atoms with van der Waals surface area (Å²) in [6, 6.07) is 4.87. The predicted octanol–water partition coefficient (Wildman–Crippen LogP) is 2.93. The summed E-state index contributed by atoms with van der Waals surface area (Å²) >= 11 is 0. The average molecular weight is 198 g/mol. The molecule has 1 rings (SSSR count). The fraction of sp³-hybridized carbons (Fsp3) is 0.455. The molecule has 0 bridgehead atoms. The lowest BCUT2D eigenvalue weighted by Crippen LogP contribution is -2.00. The highest BCUT2D eigenvalue weighted by molar-refractivity contribution is 5.30. The Morgan fingerprint density at radius 2 is 2.07 bits per heavy atom. The zero-order valence-corrected chi connectivity index (χ0v) is 8.71. The number of ether oxygens (including phenoxy) is 2. The van der Waals surface area contributed by atoms with Crippen molar-refractivity contribution in [2.75, 3.05) is 13.9 Å². The molecule has 3 heteroatoms. The monoisotopic (exact) mass is 198 g/mol. The molecule has 2 nitrogen and oxygen atoms in total. The maximum Gasteiger partial charge on any atom is 0.188 e. The van der Waals surface area contributed by atoms with Gasteiger partial charge in [-0.1, -0.05) is 19.9 Å². The van der Waals surface area contributed by atoms with Crippen LogP contribution >= 0.6 is 0 Å². The van der Waals surface area contributed by atoms with Gasteiger partial charge in [-0.25, -0.2) is 4.39 Å². The number of rotatable bonds is 4. The molecule has 0 spiro atoms. The predicted molar refractivity (Wildman–Crippen MR) is 53.0 cm³/mol. The number of benzene rings is 1. The van der Waals surface area contributed by atoms with Crippen LogP contribution in [0.25, 0.3) is 0 Å². The highest BCUT2D eigenvalue weighted by Gasteiger charge is 2.07. The van der Waals surface area contributed by atoms with Crippen LogP contribution < -0.4 is 4.74 Å². The van der Waals surface area contributed by atoms with Gasteiger partial charge in [-0.2, -0.15) is 0 Å². The molecule has 78 valence electrons. The Hall–Kier alpha value is -1.09. The molecule has 0 aromatic heterocycles. The minimum atomic E-state index is -0.228. The van der Waals surface area contributed by atoms with E-state index in [1.807, 2.05) is 13.8 Å². The Labute approximate surface area is 83.6 Å². The fourth-order valence-corrected chi connectivity index (χ4v) is 1.19. The summed E-state index contributed by atoms with van der Waals surface area (Å²) < 4.78 is 23.2. The third kappa shape index (κ3) is 2.70. The molecule has 0 atom stereocenters. The lowest BCUT2D eigenvalue weighted by molar-refractivity contribution is 0.0509. The lowest BCUT2D eigenvalue weighted by atomic mass is 10.0. The molecule has 0 aliphatic rings. The van der Waals surface area contributed by atoms with Crippen LogP contribution in [0.15, 0.2) is 18.2 Å². The van der Waals surface area contributed by atoms with Crippen molar-refractivity contribution < 1.29 is 13.9 Å². The van der Waals surface area contributed by atoms with Crippen molar-refractivity contribution in [1.29, 1.82) is 0 Å². The highest BCUT2D eigenvalue weighted by Crippen LogP contribution is 2.22. The van der Waals surface area contributed by atoms with Crippen LogP contribution in [0.1, 0.15) is 25.3 Å². The van der Waals surface area contributed by atoms with Gasteiger partial charge < -0.3 is 9.47 Å². The van der Waals surface area contributed by atoms with E-state index in [0.717, 1.165) is 0 Å². The molecule has 0 aliphatic carbocycles. The van der Waals surface area contributed by atoms with Gasteiger partial charge >= 0.3 is 0 Å². The smallest absolute Gasteiger partial charge is 0.188 e. The average Bonchev–Trinajstić information content (AvgIpc) is 2.14. The number of hydrogen-bond donors (Lipinski definition) is 0. The molecular weight excluding hydrogens is 183 g/mol. The molecule has 0 saturated carbocycles. The maximum absolute atomic E-state index is 13.4. The van der Waals surface area contributed by atoms with E-state index in [2.05, 4.69) is 0 Å². The summed E-state index contributed by atoms with van der Waals surface area (Å²) in [4.78, 5) is 0. The van der Waals surface area contributed by atoms with Crippen molar-refractivity contribution in [3.63, 3.8) is 0 Å². The second kappa shape index (κ2) is 4.96. The number of hydrogen-bond acceptors (Lipinski definition) is 2. The van der Waals surface area contributed by atoms with E-state index in [9.17, 15) is 4.39 Å². The van der Waals surface area contributed by atoms with E-state index in [0.29, 0.717) is 11.3 Å². The molecule has 0 fully saturated rings. The Bertz CT molecular complexity index is 297. The molecule has 1 aromatic carbocycles. The Morgan fingerprint density at radius 3 is 2.57 bits per heavy atom. The zero-order chi connectivity index (χ0) is 10.6. The molecule has 1 aromatic rings. The van der Waals surface area contributed by atoms with Crippen LogP contribution in [-0.4, -0.2) is 13.9 Å². The maximum atomic E-state index is 13.4. The number of halogens is 1. The second-order valence-electron chi connectivity index (χ2n) is 3.39. The SMILES string of the molecule is COCOc1ccc(C(C)C)c(F)c1. The van der Waals surface area contributed by atoms with Gasteiger partial charge in [0, 0.05) is 13.2 Å². The first-order valence-electron chi connectivity index (χ1n) is 4.56. The van der Waals surface area contributed by atoms with Crippen molar-refractivity contribution in [3.8, 4) is 5.75 Å². The second-order valence-corrected chi connectivity index (χ2v) is 3.39. The van der Waals surface area contributed by atoms with Gasteiger partial charge in [0.25, 0.3) is 0 Å². The van der Waals surface area contributed by atoms with E-state index in [-0.39, 0.29) is 18.5 Å². The van der Waals surface area contributed by atoms with Gasteiger partial charge in [-0.3, -0.25) is 0 Å². The van der Waals surface area contributed by atoms with Gasteiger partial charge in [-0.15, -0.1) is 0 Å². The Balaban J connectivity index is 2.78. The van der Waals surface area contributed by atoms with Crippen molar-refractivity contribution in [2.24, 2.45) is 0 Å². The van der Waals surface area contributed by atoms with Crippen molar-refractivity contribution in [3.05, 3.63) is 29.6 Å². The molecule has 0 unspecified atom stereocenters. The van der Waals surface area contributed by atoms with Crippen LogP contribution in [0.3, 0.4) is 0 Å². The Morgan fingerprint density at radius 1 is 1.36 bits per heavy atom. The van der Waals surface area contributed by atoms with E-state index < -0.39 is 0 Å². The third-order valence-electron chi connectivity index (χ3n) is 1.94. The van der Waals surface area contributed by atoms with Crippen LogP contribution in [0.4, 0.5) is 4.39 Å². The molecular formula is C11H15FO2. The van der Waals surface area contributed by atoms with Gasteiger partial charge in [0.2, 0.25) is 0 Å². The largest absolute Gasteiger partial charge is 0.467 e. The highest BCUT2D eigenvalue weighted by atomic mass is 19.1. The first kappa shape index (κ1) is 11.0. The lowest BCUT2D eigenvalue weighted by Gasteiger charge is -2.09. The summed E-state index contributed by atoms with van der Waals surface area (Å²) in [5.74, 6) is 0.453.